The van der Waals surface area contributed by atoms with E-state index in [-0.39, 0.29) is 11.6 Å². The van der Waals surface area contributed by atoms with Gasteiger partial charge >= 0.3 is 6.18 Å². The van der Waals surface area contributed by atoms with E-state index in [0.29, 0.717) is 10.2 Å². The number of aliphatic hydroxyl groups excluding tert-OH is 1. The highest BCUT2D eigenvalue weighted by Gasteiger charge is 2.31. The minimum atomic E-state index is -4.44. The quantitative estimate of drug-likeness (QED) is 0.882. The highest BCUT2D eigenvalue weighted by Crippen LogP contribution is 2.34. The maximum Gasteiger partial charge on any atom is 0.416 e. The van der Waals surface area contributed by atoms with E-state index in [4.69, 9.17) is 0 Å². The molecule has 0 fully saturated rings. The molecule has 2 rings (SSSR count). The number of rotatable bonds is 3. The molecular formula is C14H14BrF3N2O. The number of aromatic nitrogens is 2. The second-order valence-electron chi connectivity index (χ2n) is 4.94. The number of hydrogen-bond acceptors (Lipinski definition) is 2. The predicted molar refractivity (Wildman–Crippen MR) is 75.8 cm³/mol. The molecule has 2 aromatic rings. The van der Waals surface area contributed by atoms with Gasteiger partial charge in [-0.3, -0.25) is 4.68 Å². The zero-order valence-electron chi connectivity index (χ0n) is 11.4. The van der Waals surface area contributed by atoms with Crippen molar-refractivity contribution in [2.75, 3.05) is 0 Å². The van der Waals surface area contributed by atoms with Gasteiger partial charge in [-0.25, -0.2) is 0 Å². The molecule has 114 valence electrons. The Balaban J connectivity index is 2.46. The van der Waals surface area contributed by atoms with Crippen molar-refractivity contribution in [1.29, 1.82) is 0 Å². The largest absolute Gasteiger partial charge is 0.416 e. The fraction of sp³-hybridized carbons (Fsp3) is 0.357. The molecule has 1 atom stereocenters. The van der Waals surface area contributed by atoms with Crippen molar-refractivity contribution in [3.8, 4) is 0 Å². The Labute approximate surface area is 128 Å². The first-order chi connectivity index (χ1) is 9.71. The summed E-state index contributed by atoms with van der Waals surface area (Å²) in [6.07, 6.45) is -4.11. The average molecular weight is 363 g/mol. The number of benzene rings is 1. The summed E-state index contributed by atoms with van der Waals surface area (Å²) in [5, 5.41) is 14.5. The lowest BCUT2D eigenvalue weighted by Crippen LogP contribution is -2.13. The number of aliphatic hydroxyl groups is 1. The molecule has 0 aliphatic rings. The third-order valence-corrected chi connectivity index (χ3v) is 3.68. The Morgan fingerprint density at radius 1 is 1.29 bits per heavy atom. The molecule has 0 aliphatic heterocycles. The van der Waals surface area contributed by atoms with Gasteiger partial charge in [0, 0.05) is 6.04 Å². The second-order valence-corrected chi connectivity index (χ2v) is 5.80. The van der Waals surface area contributed by atoms with Crippen LogP contribution in [0.2, 0.25) is 0 Å². The Kier molecular flexibility index (Phi) is 4.43. The minimum absolute atomic E-state index is 0.0215. The van der Waals surface area contributed by atoms with Crippen LogP contribution in [-0.2, 0) is 6.18 Å². The van der Waals surface area contributed by atoms with Crippen molar-refractivity contribution in [3.05, 3.63) is 51.8 Å². The van der Waals surface area contributed by atoms with Crippen molar-refractivity contribution in [3.63, 3.8) is 0 Å². The molecule has 1 unspecified atom stereocenters. The Hall–Kier alpha value is -1.34. The summed E-state index contributed by atoms with van der Waals surface area (Å²) < 4.78 is 40.4. The standard InChI is InChI=1S/C14H14BrF3N2O/c1-8(2)20-12(11(15)7-19-20)13(21)9-4-3-5-10(6-9)14(16,17)18/h3-8,13,21H,1-2H3. The van der Waals surface area contributed by atoms with Crippen molar-refractivity contribution >= 4 is 15.9 Å². The maximum absolute atomic E-state index is 12.8. The van der Waals surface area contributed by atoms with E-state index in [9.17, 15) is 18.3 Å². The summed E-state index contributed by atoms with van der Waals surface area (Å²) in [5.41, 5.74) is -0.178. The first-order valence-electron chi connectivity index (χ1n) is 6.30. The summed E-state index contributed by atoms with van der Waals surface area (Å²) in [6, 6.07) is 4.65. The first kappa shape index (κ1) is 16.0. The smallest absolute Gasteiger partial charge is 0.382 e. The Bertz CT molecular complexity index is 637. The molecule has 1 aromatic heterocycles. The number of alkyl halides is 3. The molecule has 0 aliphatic carbocycles. The molecule has 0 spiro atoms. The van der Waals surface area contributed by atoms with Gasteiger partial charge in [0.05, 0.1) is 21.9 Å². The van der Waals surface area contributed by atoms with Gasteiger partial charge in [-0.1, -0.05) is 12.1 Å². The van der Waals surface area contributed by atoms with Gasteiger partial charge in [0.25, 0.3) is 0 Å². The van der Waals surface area contributed by atoms with Crippen LogP contribution in [0.5, 0.6) is 0 Å². The highest BCUT2D eigenvalue weighted by molar-refractivity contribution is 9.10. The van der Waals surface area contributed by atoms with Crippen molar-refractivity contribution < 1.29 is 18.3 Å². The fourth-order valence-electron chi connectivity index (χ4n) is 2.06. The number of halogens is 4. The summed E-state index contributed by atoms with van der Waals surface area (Å²) in [7, 11) is 0. The van der Waals surface area contributed by atoms with E-state index < -0.39 is 17.8 Å². The Morgan fingerprint density at radius 3 is 2.52 bits per heavy atom. The number of hydrogen-bond donors (Lipinski definition) is 1. The van der Waals surface area contributed by atoms with Gasteiger partial charge in [-0.2, -0.15) is 18.3 Å². The summed E-state index contributed by atoms with van der Waals surface area (Å²) >= 11 is 3.28. The van der Waals surface area contributed by atoms with E-state index in [1.165, 1.54) is 18.3 Å². The Morgan fingerprint density at radius 2 is 1.95 bits per heavy atom. The van der Waals surface area contributed by atoms with Crippen molar-refractivity contribution in [1.82, 2.24) is 9.78 Å². The second kappa shape index (κ2) is 5.81. The van der Waals surface area contributed by atoms with Gasteiger partial charge in [0.2, 0.25) is 0 Å². The minimum Gasteiger partial charge on any atom is -0.382 e. The molecule has 0 saturated carbocycles. The molecule has 0 saturated heterocycles. The topological polar surface area (TPSA) is 38.0 Å². The zero-order valence-corrected chi connectivity index (χ0v) is 13.0. The van der Waals surface area contributed by atoms with E-state index in [0.717, 1.165) is 12.1 Å². The monoisotopic (exact) mass is 362 g/mol. The van der Waals surface area contributed by atoms with Crippen LogP contribution in [0, 0.1) is 0 Å². The molecule has 1 heterocycles. The predicted octanol–water partition coefficient (Wildman–Crippen LogP) is 4.33. The van der Waals surface area contributed by atoms with Crippen LogP contribution < -0.4 is 0 Å². The van der Waals surface area contributed by atoms with Crippen LogP contribution in [-0.4, -0.2) is 14.9 Å². The molecule has 3 nitrogen and oxygen atoms in total. The van der Waals surface area contributed by atoms with Crippen LogP contribution >= 0.6 is 15.9 Å². The van der Waals surface area contributed by atoms with E-state index in [1.807, 2.05) is 13.8 Å². The van der Waals surface area contributed by atoms with E-state index in [1.54, 1.807) is 4.68 Å². The van der Waals surface area contributed by atoms with E-state index in [2.05, 4.69) is 21.0 Å². The van der Waals surface area contributed by atoms with Gasteiger partial charge in [-0.05, 0) is 47.5 Å². The SMILES string of the molecule is CC(C)n1ncc(Br)c1C(O)c1cccc(C(F)(F)F)c1. The molecule has 7 heteroatoms. The van der Waals surface area contributed by atoms with Crippen molar-refractivity contribution in [2.45, 2.75) is 32.2 Å². The molecule has 21 heavy (non-hydrogen) atoms. The van der Waals surface area contributed by atoms with Crippen LogP contribution in [0.3, 0.4) is 0 Å². The van der Waals surface area contributed by atoms with Crippen LogP contribution in [0.25, 0.3) is 0 Å². The van der Waals surface area contributed by atoms with Gasteiger partial charge < -0.3 is 5.11 Å². The third-order valence-electron chi connectivity index (χ3n) is 3.06. The van der Waals surface area contributed by atoms with Gasteiger partial charge in [-0.15, -0.1) is 0 Å². The summed E-state index contributed by atoms with van der Waals surface area (Å²) in [6.45, 7) is 3.75. The van der Waals surface area contributed by atoms with Crippen molar-refractivity contribution in [2.24, 2.45) is 0 Å². The molecule has 1 aromatic carbocycles. The third kappa shape index (κ3) is 3.29. The molecule has 0 amide bonds. The lowest BCUT2D eigenvalue weighted by Gasteiger charge is -2.18. The summed E-state index contributed by atoms with van der Waals surface area (Å²) in [4.78, 5) is 0. The van der Waals surface area contributed by atoms with E-state index >= 15 is 0 Å². The zero-order chi connectivity index (χ0) is 15.8. The molecule has 1 N–H and O–H groups in total. The van der Waals surface area contributed by atoms with Gasteiger partial charge in [0.1, 0.15) is 6.10 Å². The summed E-state index contributed by atoms with van der Waals surface area (Å²) in [5.74, 6) is 0. The normalized spacial score (nSPS) is 13.7. The number of nitrogens with zero attached hydrogens (tertiary/aromatic N) is 2. The lowest BCUT2D eigenvalue weighted by molar-refractivity contribution is -0.137. The lowest BCUT2D eigenvalue weighted by atomic mass is 10.0. The molecule has 0 bridgehead atoms. The fourth-order valence-corrected chi connectivity index (χ4v) is 2.55. The van der Waals surface area contributed by atoms with Crippen LogP contribution in [0.1, 0.15) is 42.8 Å². The first-order valence-corrected chi connectivity index (χ1v) is 7.09. The van der Waals surface area contributed by atoms with Gasteiger partial charge in [0.15, 0.2) is 0 Å². The van der Waals surface area contributed by atoms with Crippen LogP contribution in [0.15, 0.2) is 34.9 Å². The van der Waals surface area contributed by atoms with Crippen LogP contribution in [0.4, 0.5) is 13.2 Å². The maximum atomic E-state index is 12.8. The average Bonchev–Trinajstić information content (AvgIpc) is 2.79. The highest BCUT2D eigenvalue weighted by atomic mass is 79.9. The molecule has 0 radical (unpaired) electrons. The molecular weight excluding hydrogens is 349 g/mol.